The summed E-state index contributed by atoms with van der Waals surface area (Å²) in [7, 11) is -3.45. The molecule has 0 saturated carbocycles. The summed E-state index contributed by atoms with van der Waals surface area (Å²) >= 11 is 0. The molecule has 2 aromatic rings. The van der Waals surface area contributed by atoms with Crippen LogP contribution in [-0.4, -0.2) is 31.8 Å². The number of sulfonamides is 1. The van der Waals surface area contributed by atoms with Gasteiger partial charge in [0.1, 0.15) is 5.75 Å². The first-order chi connectivity index (χ1) is 13.3. The van der Waals surface area contributed by atoms with Crippen LogP contribution in [0.5, 0.6) is 5.75 Å². The zero-order valence-corrected chi connectivity index (χ0v) is 17.5. The van der Waals surface area contributed by atoms with Gasteiger partial charge in [0.2, 0.25) is 10.0 Å². The predicted molar refractivity (Wildman–Crippen MR) is 109 cm³/mol. The van der Waals surface area contributed by atoms with Crippen molar-refractivity contribution < 1.29 is 17.9 Å². The first-order valence-electron chi connectivity index (χ1n) is 9.65. The number of hydrogen-bond donors (Lipinski definition) is 0. The minimum absolute atomic E-state index is 0.0941. The molecule has 0 amide bonds. The van der Waals surface area contributed by atoms with Gasteiger partial charge in [-0.1, -0.05) is 30.7 Å². The Hall–Kier alpha value is -2.18. The van der Waals surface area contributed by atoms with Crippen molar-refractivity contribution >= 4 is 16.0 Å². The molecule has 28 heavy (non-hydrogen) atoms. The second kappa shape index (κ2) is 8.45. The molecule has 1 aliphatic heterocycles. The van der Waals surface area contributed by atoms with Gasteiger partial charge in [-0.3, -0.25) is 4.79 Å². The Kier molecular flexibility index (Phi) is 6.20. The normalized spacial score (nSPS) is 15.4. The van der Waals surface area contributed by atoms with Crippen LogP contribution >= 0.6 is 0 Å². The first-order valence-corrected chi connectivity index (χ1v) is 11.1. The molecule has 0 radical (unpaired) electrons. The van der Waals surface area contributed by atoms with Crippen molar-refractivity contribution in [3.8, 4) is 5.75 Å². The van der Waals surface area contributed by atoms with E-state index in [2.05, 4.69) is 0 Å². The van der Waals surface area contributed by atoms with E-state index in [1.165, 1.54) is 0 Å². The highest BCUT2D eigenvalue weighted by Gasteiger charge is 2.25. The number of esters is 1. The Morgan fingerprint density at radius 2 is 1.54 bits per heavy atom. The van der Waals surface area contributed by atoms with Crippen molar-refractivity contribution in [2.45, 2.75) is 51.3 Å². The van der Waals surface area contributed by atoms with E-state index in [0.29, 0.717) is 18.8 Å². The van der Waals surface area contributed by atoms with Gasteiger partial charge in [-0.25, -0.2) is 8.42 Å². The summed E-state index contributed by atoms with van der Waals surface area (Å²) in [5, 5.41) is 0. The quantitative estimate of drug-likeness (QED) is 0.562. The molecule has 0 N–H and O–H groups in total. The van der Waals surface area contributed by atoms with E-state index in [1.807, 2.05) is 32.9 Å². The predicted octanol–water partition coefficient (Wildman–Crippen LogP) is 3.93. The van der Waals surface area contributed by atoms with Crippen LogP contribution in [0.15, 0.2) is 41.3 Å². The third-order valence-electron chi connectivity index (χ3n) is 5.31. The van der Waals surface area contributed by atoms with Gasteiger partial charge >= 0.3 is 5.97 Å². The number of piperidine rings is 1. The van der Waals surface area contributed by atoms with Crippen LogP contribution in [0.2, 0.25) is 0 Å². The molecule has 0 atom stereocenters. The second-order valence-corrected chi connectivity index (χ2v) is 9.35. The summed E-state index contributed by atoms with van der Waals surface area (Å²) in [6.07, 6.45) is 2.98. The van der Waals surface area contributed by atoms with Gasteiger partial charge in [-0.15, -0.1) is 0 Å². The van der Waals surface area contributed by atoms with E-state index in [9.17, 15) is 13.2 Å². The molecule has 0 aliphatic carbocycles. The average Bonchev–Trinajstić information content (AvgIpc) is 2.69. The maximum absolute atomic E-state index is 12.7. The van der Waals surface area contributed by atoms with Crippen LogP contribution in [-0.2, 0) is 21.2 Å². The standard InChI is InChI=1S/C22H27NO4S/c1-16-7-8-17(2)22(18(16)3)27-21(24)15-19-9-11-20(12-10-19)28(25,26)23-13-5-4-6-14-23/h7-12H,4-6,13-15H2,1-3H3. The summed E-state index contributed by atoms with van der Waals surface area (Å²) < 4.78 is 32.5. The number of carbonyl (C=O) groups excluding carboxylic acids is 1. The molecule has 150 valence electrons. The molecule has 0 spiro atoms. The van der Waals surface area contributed by atoms with Crippen molar-refractivity contribution in [3.63, 3.8) is 0 Å². The third kappa shape index (κ3) is 4.45. The number of rotatable bonds is 5. The highest BCUT2D eigenvalue weighted by molar-refractivity contribution is 7.89. The number of ether oxygens (including phenoxy) is 1. The lowest BCUT2D eigenvalue weighted by Crippen LogP contribution is -2.35. The zero-order chi connectivity index (χ0) is 20.3. The third-order valence-corrected chi connectivity index (χ3v) is 7.23. The van der Waals surface area contributed by atoms with Crippen molar-refractivity contribution in [2.75, 3.05) is 13.1 Å². The van der Waals surface area contributed by atoms with Crippen LogP contribution in [0.4, 0.5) is 0 Å². The van der Waals surface area contributed by atoms with Gasteiger partial charge in [0.15, 0.2) is 0 Å². The van der Waals surface area contributed by atoms with E-state index in [-0.39, 0.29) is 17.3 Å². The molecule has 3 rings (SSSR count). The molecule has 5 nitrogen and oxygen atoms in total. The first kappa shape index (κ1) is 20.6. The van der Waals surface area contributed by atoms with Gasteiger partial charge in [-0.05, 0) is 68.0 Å². The Morgan fingerprint density at radius 1 is 0.929 bits per heavy atom. The smallest absolute Gasteiger partial charge is 0.315 e. The summed E-state index contributed by atoms with van der Waals surface area (Å²) in [4.78, 5) is 12.7. The zero-order valence-electron chi connectivity index (χ0n) is 16.7. The van der Waals surface area contributed by atoms with Gasteiger partial charge in [0.05, 0.1) is 11.3 Å². The van der Waals surface area contributed by atoms with Gasteiger partial charge in [0.25, 0.3) is 0 Å². The van der Waals surface area contributed by atoms with Crippen LogP contribution in [0.3, 0.4) is 0 Å². The molecule has 0 bridgehead atoms. The fourth-order valence-corrected chi connectivity index (χ4v) is 4.95. The molecular formula is C22H27NO4S. The van der Waals surface area contributed by atoms with Crippen molar-refractivity contribution in [1.82, 2.24) is 4.31 Å². The molecule has 1 aliphatic rings. The molecule has 6 heteroatoms. The average molecular weight is 402 g/mol. The fourth-order valence-electron chi connectivity index (χ4n) is 3.43. The van der Waals surface area contributed by atoms with E-state index >= 15 is 0 Å². The largest absolute Gasteiger partial charge is 0.426 e. The van der Waals surface area contributed by atoms with Crippen LogP contribution in [0.1, 0.15) is 41.5 Å². The van der Waals surface area contributed by atoms with Crippen molar-refractivity contribution in [2.24, 2.45) is 0 Å². The lowest BCUT2D eigenvalue weighted by molar-refractivity contribution is -0.133. The summed E-state index contributed by atoms with van der Waals surface area (Å²) in [5.41, 5.74) is 3.67. The monoisotopic (exact) mass is 401 g/mol. The molecule has 1 fully saturated rings. The maximum Gasteiger partial charge on any atom is 0.315 e. The Bertz CT molecular complexity index is 959. The maximum atomic E-state index is 12.7. The highest BCUT2D eigenvalue weighted by Crippen LogP contribution is 2.26. The molecule has 0 aromatic heterocycles. The van der Waals surface area contributed by atoms with Crippen LogP contribution < -0.4 is 4.74 Å². The highest BCUT2D eigenvalue weighted by atomic mass is 32.2. The number of benzene rings is 2. The number of nitrogens with zero attached hydrogens (tertiary/aromatic N) is 1. The summed E-state index contributed by atoms with van der Waals surface area (Å²) in [6, 6.07) is 10.5. The summed E-state index contributed by atoms with van der Waals surface area (Å²) in [6.45, 7) is 6.98. The van der Waals surface area contributed by atoms with E-state index in [4.69, 9.17) is 4.74 Å². The van der Waals surface area contributed by atoms with Crippen molar-refractivity contribution in [3.05, 3.63) is 58.7 Å². The van der Waals surface area contributed by atoms with E-state index < -0.39 is 10.0 Å². The Morgan fingerprint density at radius 3 is 2.18 bits per heavy atom. The number of carbonyl (C=O) groups is 1. The molecule has 1 heterocycles. The number of hydrogen-bond acceptors (Lipinski definition) is 4. The Balaban J connectivity index is 1.69. The topological polar surface area (TPSA) is 63.7 Å². The van der Waals surface area contributed by atoms with Crippen molar-refractivity contribution in [1.29, 1.82) is 0 Å². The van der Waals surface area contributed by atoms with Crippen LogP contribution in [0.25, 0.3) is 0 Å². The molecule has 1 saturated heterocycles. The number of aryl methyl sites for hydroxylation is 2. The summed E-state index contributed by atoms with van der Waals surface area (Å²) in [5.74, 6) is 0.248. The Labute approximate surface area is 167 Å². The minimum Gasteiger partial charge on any atom is -0.426 e. The lowest BCUT2D eigenvalue weighted by atomic mass is 10.1. The second-order valence-electron chi connectivity index (χ2n) is 7.41. The van der Waals surface area contributed by atoms with E-state index in [1.54, 1.807) is 28.6 Å². The van der Waals surface area contributed by atoms with Gasteiger partial charge in [0, 0.05) is 13.1 Å². The fraction of sp³-hybridized carbons (Fsp3) is 0.409. The van der Waals surface area contributed by atoms with Gasteiger partial charge in [-0.2, -0.15) is 4.31 Å². The molecule has 2 aromatic carbocycles. The van der Waals surface area contributed by atoms with Gasteiger partial charge < -0.3 is 4.74 Å². The van der Waals surface area contributed by atoms with E-state index in [0.717, 1.165) is 41.5 Å². The minimum atomic E-state index is -3.45. The SMILES string of the molecule is Cc1ccc(C)c(OC(=O)Cc2ccc(S(=O)(=O)N3CCCCC3)cc2)c1C. The molecular weight excluding hydrogens is 374 g/mol. The molecule has 0 unspecified atom stereocenters. The van der Waals surface area contributed by atoms with Crippen LogP contribution in [0, 0.1) is 20.8 Å². The lowest BCUT2D eigenvalue weighted by Gasteiger charge is -2.25.